The van der Waals surface area contributed by atoms with Crippen LogP contribution in [-0.4, -0.2) is 30.0 Å². The first-order chi connectivity index (χ1) is 13.0. The summed E-state index contributed by atoms with van der Waals surface area (Å²) in [7, 11) is 0. The van der Waals surface area contributed by atoms with Crippen molar-refractivity contribution in [2.45, 2.75) is 45.1 Å². The third kappa shape index (κ3) is 4.22. The number of nitrogens with one attached hydrogen (secondary N) is 1. The van der Waals surface area contributed by atoms with Crippen molar-refractivity contribution in [1.82, 2.24) is 24.9 Å². The molecule has 0 aliphatic heterocycles. The molecule has 8 heteroatoms. The van der Waals surface area contributed by atoms with Crippen LogP contribution in [0.4, 0.5) is 11.9 Å². The standard InChI is InChI=1S/C19H25N7O/c1-3-4-10-13(17-24-18(20)26-19(21)25-17)15(27)14-11(2)22-16(23-14)12-8-6-5-7-9-12/h5-9,13,15,27H,3-4,10H2,1-2H3,(H,22,23)(H4,20,21,24,25,26). The van der Waals surface area contributed by atoms with Crippen LogP contribution in [-0.2, 0) is 0 Å². The minimum Gasteiger partial charge on any atom is -0.386 e. The summed E-state index contributed by atoms with van der Waals surface area (Å²) >= 11 is 0. The molecule has 3 rings (SSSR count). The van der Waals surface area contributed by atoms with Gasteiger partial charge in [0.2, 0.25) is 11.9 Å². The summed E-state index contributed by atoms with van der Waals surface area (Å²) in [4.78, 5) is 20.1. The van der Waals surface area contributed by atoms with E-state index in [-0.39, 0.29) is 17.8 Å². The van der Waals surface area contributed by atoms with Crippen molar-refractivity contribution in [2.75, 3.05) is 11.5 Å². The van der Waals surface area contributed by atoms with E-state index in [4.69, 9.17) is 11.5 Å². The van der Waals surface area contributed by atoms with Gasteiger partial charge in [0.1, 0.15) is 17.8 Å². The maximum absolute atomic E-state index is 11.1. The molecule has 8 nitrogen and oxygen atoms in total. The van der Waals surface area contributed by atoms with E-state index in [9.17, 15) is 5.11 Å². The molecule has 0 aliphatic rings. The lowest BCUT2D eigenvalue weighted by Crippen LogP contribution is -2.18. The second-order valence-corrected chi connectivity index (χ2v) is 6.57. The van der Waals surface area contributed by atoms with Crippen LogP contribution in [0.1, 0.15) is 55.4 Å². The lowest BCUT2D eigenvalue weighted by atomic mass is 9.92. The summed E-state index contributed by atoms with van der Waals surface area (Å²) in [5, 5.41) is 11.1. The highest BCUT2D eigenvalue weighted by Gasteiger charge is 2.29. The van der Waals surface area contributed by atoms with Crippen LogP contribution in [0.3, 0.4) is 0 Å². The fourth-order valence-electron chi connectivity index (χ4n) is 3.13. The molecule has 2 heterocycles. The monoisotopic (exact) mass is 367 g/mol. The Kier molecular flexibility index (Phi) is 5.66. The molecule has 0 radical (unpaired) electrons. The van der Waals surface area contributed by atoms with Gasteiger partial charge in [-0.1, -0.05) is 50.1 Å². The first-order valence-corrected chi connectivity index (χ1v) is 9.06. The highest BCUT2D eigenvalue weighted by Crippen LogP contribution is 2.35. The topological polar surface area (TPSA) is 140 Å². The van der Waals surface area contributed by atoms with Crippen molar-refractivity contribution in [3.63, 3.8) is 0 Å². The zero-order valence-corrected chi connectivity index (χ0v) is 15.6. The quantitative estimate of drug-likeness (QED) is 0.503. The highest BCUT2D eigenvalue weighted by atomic mass is 16.3. The average molecular weight is 367 g/mol. The lowest BCUT2D eigenvalue weighted by molar-refractivity contribution is 0.130. The number of anilines is 2. The fraction of sp³-hybridized carbons (Fsp3) is 0.368. The van der Waals surface area contributed by atoms with E-state index in [0.717, 1.165) is 24.1 Å². The zero-order valence-electron chi connectivity index (χ0n) is 15.6. The number of aromatic nitrogens is 5. The molecular formula is C19H25N7O. The molecule has 27 heavy (non-hydrogen) atoms. The molecule has 0 fully saturated rings. The smallest absolute Gasteiger partial charge is 0.225 e. The van der Waals surface area contributed by atoms with E-state index in [1.165, 1.54) is 0 Å². The van der Waals surface area contributed by atoms with Crippen molar-refractivity contribution in [3.8, 4) is 11.4 Å². The molecule has 0 amide bonds. The Morgan fingerprint density at radius 2 is 1.70 bits per heavy atom. The minimum absolute atomic E-state index is 0.0509. The van der Waals surface area contributed by atoms with Gasteiger partial charge in [0, 0.05) is 11.3 Å². The normalized spacial score (nSPS) is 13.4. The minimum atomic E-state index is -0.883. The second-order valence-electron chi connectivity index (χ2n) is 6.57. The predicted octanol–water partition coefficient (Wildman–Crippen LogP) is 2.74. The van der Waals surface area contributed by atoms with Gasteiger partial charge in [-0.25, -0.2) is 4.98 Å². The summed E-state index contributed by atoms with van der Waals surface area (Å²) in [6.45, 7) is 3.98. The number of nitrogens with two attached hydrogens (primary N) is 2. The number of rotatable bonds is 7. The molecule has 0 saturated carbocycles. The van der Waals surface area contributed by atoms with Crippen LogP contribution in [0, 0.1) is 6.92 Å². The molecule has 1 aromatic carbocycles. The number of aryl methyl sites for hydroxylation is 1. The van der Waals surface area contributed by atoms with E-state index in [0.29, 0.717) is 23.8 Å². The van der Waals surface area contributed by atoms with Crippen molar-refractivity contribution < 1.29 is 5.11 Å². The Balaban J connectivity index is 1.96. The molecule has 2 atom stereocenters. The van der Waals surface area contributed by atoms with Gasteiger partial charge in [0.25, 0.3) is 0 Å². The van der Waals surface area contributed by atoms with E-state index >= 15 is 0 Å². The van der Waals surface area contributed by atoms with Crippen molar-refractivity contribution in [3.05, 3.63) is 47.5 Å². The van der Waals surface area contributed by atoms with Gasteiger partial charge >= 0.3 is 0 Å². The molecule has 2 unspecified atom stereocenters. The van der Waals surface area contributed by atoms with Crippen LogP contribution >= 0.6 is 0 Å². The summed E-state index contributed by atoms with van der Waals surface area (Å²) in [5.74, 6) is 0.837. The molecule has 0 spiro atoms. The number of hydrogen-bond donors (Lipinski definition) is 4. The summed E-state index contributed by atoms with van der Waals surface area (Å²) in [6.07, 6.45) is 1.69. The number of benzene rings is 1. The van der Waals surface area contributed by atoms with E-state index in [1.54, 1.807) is 0 Å². The molecular weight excluding hydrogens is 342 g/mol. The highest BCUT2D eigenvalue weighted by molar-refractivity contribution is 5.55. The third-order valence-corrected chi connectivity index (χ3v) is 4.52. The number of hydrogen-bond acceptors (Lipinski definition) is 7. The first-order valence-electron chi connectivity index (χ1n) is 9.06. The number of aromatic amines is 1. The van der Waals surface area contributed by atoms with Crippen LogP contribution in [0.25, 0.3) is 11.4 Å². The maximum atomic E-state index is 11.1. The number of nitrogen functional groups attached to an aromatic ring is 2. The number of aliphatic hydroxyl groups is 1. The summed E-state index contributed by atoms with van der Waals surface area (Å²) < 4.78 is 0. The van der Waals surface area contributed by atoms with Crippen LogP contribution < -0.4 is 11.5 Å². The van der Waals surface area contributed by atoms with Gasteiger partial charge in [-0.2, -0.15) is 15.0 Å². The molecule has 142 valence electrons. The van der Waals surface area contributed by atoms with Gasteiger partial charge < -0.3 is 21.6 Å². The third-order valence-electron chi connectivity index (χ3n) is 4.52. The Morgan fingerprint density at radius 1 is 1.04 bits per heavy atom. The number of H-pyrrole nitrogens is 1. The lowest BCUT2D eigenvalue weighted by Gasteiger charge is -2.21. The number of aliphatic hydroxyl groups excluding tert-OH is 1. The fourth-order valence-corrected chi connectivity index (χ4v) is 3.13. The first kappa shape index (κ1) is 18.8. The van der Waals surface area contributed by atoms with Crippen molar-refractivity contribution in [2.24, 2.45) is 0 Å². The Bertz CT molecular complexity index is 874. The molecule has 0 aliphatic carbocycles. The number of nitrogens with zero attached hydrogens (tertiary/aromatic N) is 4. The van der Waals surface area contributed by atoms with Gasteiger partial charge in [0.05, 0.1) is 11.6 Å². The molecule has 0 saturated heterocycles. The maximum Gasteiger partial charge on any atom is 0.225 e. The van der Waals surface area contributed by atoms with Gasteiger partial charge in [-0.3, -0.25) is 0 Å². The van der Waals surface area contributed by atoms with E-state index < -0.39 is 6.10 Å². The molecule has 2 aromatic heterocycles. The van der Waals surface area contributed by atoms with Gasteiger partial charge in [0.15, 0.2) is 0 Å². The summed E-state index contributed by atoms with van der Waals surface area (Å²) in [6, 6.07) is 9.78. The van der Waals surface area contributed by atoms with Crippen LogP contribution in [0.15, 0.2) is 30.3 Å². The molecule has 0 bridgehead atoms. The van der Waals surface area contributed by atoms with Crippen LogP contribution in [0.2, 0.25) is 0 Å². The summed E-state index contributed by atoms with van der Waals surface area (Å²) in [5.41, 5.74) is 13.8. The predicted molar refractivity (Wildman–Crippen MR) is 105 cm³/mol. The number of unbranched alkanes of at least 4 members (excludes halogenated alkanes) is 1. The SMILES string of the molecule is CCCCC(c1nc(N)nc(N)n1)C(O)c1nc(-c2ccccc2)[nH]c1C. The van der Waals surface area contributed by atoms with Crippen molar-refractivity contribution in [1.29, 1.82) is 0 Å². The van der Waals surface area contributed by atoms with Crippen LogP contribution in [0.5, 0.6) is 0 Å². The second kappa shape index (κ2) is 8.13. The van der Waals surface area contributed by atoms with Gasteiger partial charge in [-0.15, -0.1) is 0 Å². The van der Waals surface area contributed by atoms with Crippen molar-refractivity contribution >= 4 is 11.9 Å². The largest absolute Gasteiger partial charge is 0.386 e. The van der Waals surface area contributed by atoms with E-state index in [1.807, 2.05) is 37.3 Å². The Hall–Kier alpha value is -3.00. The molecule has 6 N–H and O–H groups in total. The average Bonchev–Trinajstić information content (AvgIpc) is 3.03. The van der Waals surface area contributed by atoms with Gasteiger partial charge in [-0.05, 0) is 13.3 Å². The Labute approximate surface area is 158 Å². The number of imidazole rings is 1. The zero-order chi connectivity index (χ0) is 19.4. The molecule has 3 aromatic rings. The van der Waals surface area contributed by atoms with E-state index in [2.05, 4.69) is 31.8 Å². The Morgan fingerprint density at radius 3 is 2.33 bits per heavy atom.